The molecule has 0 bridgehead atoms. The van der Waals surface area contributed by atoms with Gasteiger partial charge in [-0.3, -0.25) is 4.79 Å². The Bertz CT molecular complexity index is 719. The maximum absolute atomic E-state index is 12.7. The van der Waals surface area contributed by atoms with E-state index in [-0.39, 0.29) is 24.0 Å². The van der Waals surface area contributed by atoms with Gasteiger partial charge in [0.1, 0.15) is 0 Å². The van der Waals surface area contributed by atoms with Gasteiger partial charge in [-0.05, 0) is 31.2 Å². The van der Waals surface area contributed by atoms with E-state index in [4.69, 9.17) is 9.15 Å². The molecule has 2 aromatic rings. The van der Waals surface area contributed by atoms with Crippen molar-refractivity contribution >= 4 is 11.9 Å². The summed E-state index contributed by atoms with van der Waals surface area (Å²) in [6.07, 6.45) is 3.32. The second-order valence-electron chi connectivity index (χ2n) is 7.00. The van der Waals surface area contributed by atoms with Gasteiger partial charge in [0.2, 0.25) is 11.8 Å². The van der Waals surface area contributed by atoms with Crippen molar-refractivity contribution in [1.82, 2.24) is 15.5 Å². The number of benzene rings is 1. The number of rotatable bonds is 8. The highest BCUT2D eigenvalue weighted by Gasteiger charge is 2.35. The van der Waals surface area contributed by atoms with Gasteiger partial charge in [-0.1, -0.05) is 42.4 Å². The zero-order valence-corrected chi connectivity index (χ0v) is 16.0. The first kappa shape index (κ1) is 19.4. The first-order valence-electron chi connectivity index (χ1n) is 9.65. The van der Waals surface area contributed by atoms with E-state index in [1.807, 2.05) is 30.3 Å². The van der Waals surface area contributed by atoms with Crippen LogP contribution in [0.25, 0.3) is 0 Å². The summed E-state index contributed by atoms with van der Waals surface area (Å²) < 4.78 is 11.4. The molecule has 7 heteroatoms. The van der Waals surface area contributed by atoms with E-state index >= 15 is 0 Å². The smallest absolute Gasteiger partial charge is 0.315 e. The predicted octanol–water partition coefficient (Wildman–Crippen LogP) is 3.07. The van der Waals surface area contributed by atoms with Crippen molar-refractivity contribution in [2.45, 2.75) is 58.2 Å². The number of hydrogen-bond donors (Lipinski definition) is 2. The zero-order valence-electron chi connectivity index (χ0n) is 16.0. The van der Waals surface area contributed by atoms with Gasteiger partial charge in [0.15, 0.2) is 0 Å². The Labute approximate surface area is 159 Å². The highest BCUT2D eigenvalue weighted by Crippen LogP contribution is 2.29. The SMILES string of the molecule is CCCO[C@@H]1CC[C@H](C(=O)NCc2ccccc2)C[C@H]1Nc1nnc(C)o1. The second-order valence-corrected chi connectivity index (χ2v) is 7.00. The molecule has 1 amide bonds. The van der Waals surface area contributed by atoms with Gasteiger partial charge in [-0.15, -0.1) is 5.10 Å². The molecule has 2 N–H and O–H groups in total. The molecule has 1 aliphatic carbocycles. The minimum Gasteiger partial charge on any atom is -0.408 e. The largest absolute Gasteiger partial charge is 0.408 e. The standard InChI is InChI=1S/C20H28N4O3/c1-3-11-26-18-10-9-16(12-17(18)22-20-24-23-14(2)27-20)19(25)21-13-15-7-5-4-6-8-15/h4-8,16-18H,3,9-13H2,1-2H3,(H,21,25)(H,22,24)/t16-,17+,18+/m0/s1. The third-order valence-corrected chi connectivity index (χ3v) is 4.84. The summed E-state index contributed by atoms with van der Waals surface area (Å²) in [4.78, 5) is 12.7. The van der Waals surface area contributed by atoms with Gasteiger partial charge < -0.3 is 19.8 Å². The molecule has 3 rings (SSSR count). The molecule has 0 aliphatic heterocycles. The van der Waals surface area contributed by atoms with Crippen LogP contribution in [0.5, 0.6) is 0 Å². The average Bonchev–Trinajstić information content (AvgIpc) is 3.10. The molecule has 1 aromatic carbocycles. The van der Waals surface area contributed by atoms with Crippen LogP contribution in [0, 0.1) is 12.8 Å². The normalized spacial score (nSPS) is 22.4. The van der Waals surface area contributed by atoms with Crippen molar-refractivity contribution in [2.75, 3.05) is 11.9 Å². The number of nitrogens with one attached hydrogen (secondary N) is 2. The Morgan fingerprint density at radius 2 is 2.07 bits per heavy atom. The lowest BCUT2D eigenvalue weighted by Crippen LogP contribution is -2.45. The number of amides is 1. The maximum Gasteiger partial charge on any atom is 0.315 e. The van der Waals surface area contributed by atoms with Crippen LogP contribution in [0.15, 0.2) is 34.7 Å². The molecule has 0 radical (unpaired) electrons. The zero-order chi connectivity index (χ0) is 19.1. The van der Waals surface area contributed by atoms with Crippen molar-refractivity contribution in [1.29, 1.82) is 0 Å². The molecular formula is C20H28N4O3. The van der Waals surface area contributed by atoms with Gasteiger partial charge >= 0.3 is 6.01 Å². The topological polar surface area (TPSA) is 89.3 Å². The van der Waals surface area contributed by atoms with Gasteiger partial charge in [-0.2, -0.15) is 0 Å². The third kappa shape index (κ3) is 5.53. The van der Waals surface area contributed by atoms with E-state index in [1.54, 1.807) is 6.92 Å². The van der Waals surface area contributed by atoms with Crippen LogP contribution in [-0.4, -0.2) is 34.9 Å². The minimum atomic E-state index is -0.0586. The molecule has 0 unspecified atom stereocenters. The van der Waals surface area contributed by atoms with Crippen molar-refractivity contribution < 1.29 is 13.9 Å². The summed E-state index contributed by atoms with van der Waals surface area (Å²) in [6, 6.07) is 10.3. The van der Waals surface area contributed by atoms with E-state index in [9.17, 15) is 4.79 Å². The Morgan fingerprint density at radius 3 is 2.78 bits per heavy atom. The highest BCUT2D eigenvalue weighted by molar-refractivity contribution is 5.78. The fraction of sp³-hybridized carbons (Fsp3) is 0.550. The quantitative estimate of drug-likeness (QED) is 0.740. The van der Waals surface area contributed by atoms with E-state index in [1.165, 1.54) is 0 Å². The van der Waals surface area contributed by atoms with Crippen LogP contribution in [0.4, 0.5) is 6.01 Å². The van der Waals surface area contributed by atoms with Crippen molar-refractivity contribution in [3.63, 3.8) is 0 Å². The predicted molar refractivity (Wildman–Crippen MR) is 102 cm³/mol. The highest BCUT2D eigenvalue weighted by atomic mass is 16.5. The third-order valence-electron chi connectivity index (χ3n) is 4.84. The van der Waals surface area contributed by atoms with E-state index in [0.717, 1.165) is 24.8 Å². The molecule has 7 nitrogen and oxygen atoms in total. The van der Waals surface area contributed by atoms with Gasteiger partial charge in [0.25, 0.3) is 0 Å². The fourth-order valence-electron chi connectivity index (χ4n) is 3.44. The van der Waals surface area contributed by atoms with Crippen LogP contribution in [-0.2, 0) is 16.1 Å². The Balaban J connectivity index is 1.59. The Kier molecular flexibility index (Phi) is 6.81. The molecular weight excluding hydrogens is 344 g/mol. The number of carbonyl (C=O) groups excluding carboxylic acids is 1. The molecule has 146 valence electrons. The molecule has 27 heavy (non-hydrogen) atoms. The average molecular weight is 372 g/mol. The number of ether oxygens (including phenoxy) is 1. The lowest BCUT2D eigenvalue weighted by atomic mass is 9.83. The number of carbonyl (C=O) groups is 1. The summed E-state index contributed by atoms with van der Waals surface area (Å²) in [5.41, 5.74) is 1.10. The lowest BCUT2D eigenvalue weighted by Gasteiger charge is -2.35. The van der Waals surface area contributed by atoms with E-state index < -0.39 is 0 Å². The monoisotopic (exact) mass is 372 g/mol. The van der Waals surface area contributed by atoms with E-state index in [0.29, 0.717) is 31.5 Å². The first-order valence-corrected chi connectivity index (χ1v) is 9.65. The number of anilines is 1. The molecule has 1 heterocycles. The number of aromatic nitrogens is 2. The summed E-state index contributed by atoms with van der Waals surface area (Å²) in [6.45, 7) is 5.10. The van der Waals surface area contributed by atoms with Crippen LogP contribution >= 0.6 is 0 Å². The van der Waals surface area contributed by atoms with Gasteiger partial charge in [0.05, 0.1) is 12.1 Å². The molecule has 1 aromatic heterocycles. The summed E-state index contributed by atoms with van der Waals surface area (Å²) in [7, 11) is 0. The van der Waals surface area contributed by atoms with Gasteiger partial charge in [0, 0.05) is 26.0 Å². The Hall–Kier alpha value is -2.41. The molecule has 3 atom stereocenters. The number of nitrogens with zero attached hydrogens (tertiary/aromatic N) is 2. The Morgan fingerprint density at radius 1 is 1.26 bits per heavy atom. The van der Waals surface area contributed by atoms with Crippen molar-refractivity contribution in [3.05, 3.63) is 41.8 Å². The van der Waals surface area contributed by atoms with Crippen molar-refractivity contribution in [3.8, 4) is 0 Å². The summed E-state index contributed by atoms with van der Waals surface area (Å²) in [5, 5.41) is 14.2. The number of hydrogen-bond acceptors (Lipinski definition) is 6. The first-order chi connectivity index (χ1) is 13.2. The van der Waals surface area contributed by atoms with Crippen LogP contribution in [0.2, 0.25) is 0 Å². The molecule has 1 saturated carbocycles. The second kappa shape index (κ2) is 9.50. The number of aryl methyl sites for hydroxylation is 1. The molecule has 0 spiro atoms. The summed E-state index contributed by atoms with van der Waals surface area (Å²) >= 11 is 0. The van der Waals surface area contributed by atoms with Crippen molar-refractivity contribution in [2.24, 2.45) is 5.92 Å². The lowest BCUT2D eigenvalue weighted by molar-refractivity contribution is -0.127. The van der Waals surface area contributed by atoms with Crippen LogP contribution in [0.1, 0.15) is 44.1 Å². The molecule has 1 fully saturated rings. The van der Waals surface area contributed by atoms with Crippen LogP contribution < -0.4 is 10.6 Å². The molecule has 1 aliphatic rings. The van der Waals surface area contributed by atoms with Crippen LogP contribution in [0.3, 0.4) is 0 Å². The maximum atomic E-state index is 12.7. The minimum absolute atomic E-state index is 0.0300. The van der Waals surface area contributed by atoms with Gasteiger partial charge in [-0.25, -0.2) is 0 Å². The fourth-order valence-corrected chi connectivity index (χ4v) is 3.44. The molecule has 0 saturated heterocycles. The summed E-state index contributed by atoms with van der Waals surface area (Å²) in [5.74, 6) is 0.537. The van der Waals surface area contributed by atoms with E-state index in [2.05, 4.69) is 27.8 Å².